The molecule has 0 saturated carbocycles. The van der Waals surface area contributed by atoms with E-state index in [1.54, 1.807) is 26.4 Å². The molecule has 0 aromatic heterocycles. The zero-order valence-electron chi connectivity index (χ0n) is 18.1. The Balaban J connectivity index is 1.47. The van der Waals surface area contributed by atoms with E-state index in [4.69, 9.17) is 14.2 Å². The minimum Gasteiger partial charge on any atom is -0.497 e. The van der Waals surface area contributed by atoms with Gasteiger partial charge < -0.3 is 19.5 Å². The van der Waals surface area contributed by atoms with Crippen molar-refractivity contribution in [3.05, 3.63) is 102 Å². The molecule has 0 saturated heterocycles. The molecule has 0 spiro atoms. The molecule has 5 heteroatoms. The van der Waals surface area contributed by atoms with Gasteiger partial charge in [0, 0.05) is 23.1 Å². The number of rotatable bonds is 8. The second kappa shape index (κ2) is 9.88. The summed E-state index contributed by atoms with van der Waals surface area (Å²) in [5.74, 6) is 2.09. The Morgan fingerprint density at radius 2 is 1.59 bits per heavy atom. The van der Waals surface area contributed by atoms with Crippen LogP contribution >= 0.6 is 0 Å². The molecular weight excluding hydrogens is 402 g/mol. The molecule has 4 aromatic carbocycles. The molecule has 32 heavy (non-hydrogen) atoms. The van der Waals surface area contributed by atoms with E-state index in [0.717, 1.165) is 33.4 Å². The number of ether oxygens (including phenoxy) is 3. The molecule has 0 aliphatic rings. The summed E-state index contributed by atoms with van der Waals surface area (Å²) < 4.78 is 16.8. The molecule has 4 rings (SSSR count). The Morgan fingerprint density at radius 3 is 2.38 bits per heavy atom. The van der Waals surface area contributed by atoms with Gasteiger partial charge in [-0.1, -0.05) is 48.5 Å². The predicted molar refractivity (Wildman–Crippen MR) is 125 cm³/mol. The quantitative estimate of drug-likeness (QED) is 0.411. The Labute approximate surface area is 187 Å². The minimum absolute atomic E-state index is 0.158. The van der Waals surface area contributed by atoms with Crippen molar-refractivity contribution in [1.29, 1.82) is 0 Å². The van der Waals surface area contributed by atoms with Crippen LogP contribution in [0.2, 0.25) is 0 Å². The molecule has 0 fully saturated rings. The predicted octanol–water partition coefficient (Wildman–Crippen LogP) is 5.37. The topological polar surface area (TPSA) is 56.8 Å². The summed E-state index contributed by atoms with van der Waals surface area (Å²) in [6.07, 6.45) is 0. The summed E-state index contributed by atoms with van der Waals surface area (Å²) in [5, 5.41) is 5.11. The minimum atomic E-state index is -0.158. The lowest BCUT2D eigenvalue weighted by atomic mass is 10.1. The number of carbonyl (C=O) groups excluding carboxylic acids is 1. The van der Waals surface area contributed by atoms with Crippen molar-refractivity contribution in [3.8, 4) is 17.2 Å². The molecule has 0 aliphatic carbocycles. The second-order valence-corrected chi connectivity index (χ2v) is 7.32. The van der Waals surface area contributed by atoms with Gasteiger partial charge in [0.25, 0.3) is 5.91 Å². The van der Waals surface area contributed by atoms with Crippen LogP contribution in [0, 0.1) is 0 Å². The Kier molecular flexibility index (Phi) is 6.56. The maximum absolute atomic E-state index is 12.7. The van der Waals surface area contributed by atoms with Gasteiger partial charge in [0.15, 0.2) is 0 Å². The molecule has 0 atom stereocenters. The number of benzene rings is 4. The highest BCUT2D eigenvalue weighted by molar-refractivity contribution is 5.94. The smallest absolute Gasteiger partial charge is 0.251 e. The molecule has 4 aromatic rings. The van der Waals surface area contributed by atoms with Crippen molar-refractivity contribution in [2.45, 2.75) is 13.2 Å². The summed E-state index contributed by atoms with van der Waals surface area (Å²) in [7, 11) is 3.24. The molecule has 1 N–H and O–H groups in total. The molecule has 0 radical (unpaired) electrons. The lowest BCUT2D eigenvalue weighted by molar-refractivity contribution is 0.0950. The van der Waals surface area contributed by atoms with Crippen LogP contribution in [0.25, 0.3) is 10.8 Å². The first-order valence-electron chi connectivity index (χ1n) is 10.4. The van der Waals surface area contributed by atoms with Crippen molar-refractivity contribution in [1.82, 2.24) is 5.32 Å². The lowest BCUT2D eigenvalue weighted by Gasteiger charge is -2.14. The number of fused-ring (bicyclic) bond motifs is 1. The fourth-order valence-corrected chi connectivity index (χ4v) is 3.54. The van der Waals surface area contributed by atoms with Crippen molar-refractivity contribution >= 4 is 16.7 Å². The van der Waals surface area contributed by atoms with Crippen molar-refractivity contribution < 1.29 is 19.0 Å². The summed E-state index contributed by atoms with van der Waals surface area (Å²) in [4.78, 5) is 12.7. The van der Waals surface area contributed by atoms with Crippen molar-refractivity contribution in [2.24, 2.45) is 0 Å². The fourth-order valence-electron chi connectivity index (χ4n) is 3.54. The molecule has 0 bridgehead atoms. The van der Waals surface area contributed by atoms with E-state index >= 15 is 0 Å². The van der Waals surface area contributed by atoms with Gasteiger partial charge >= 0.3 is 0 Å². The number of hydrogen-bond acceptors (Lipinski definition) is 4. The third kappa shape index (κ3) is 4.83. The highest BCUT2D eigenvalue weighted by atomic mass is 16.5. The van der Waals surface area contributed by atoms with E-state index in [0.29, 0.717) is 17.9 Å². The van der Waals surface area contributed by atoms with Gasteiger partial charge in [-0.3, -0.25) is 4.79 Å². The SMILES string of the molecule is COc1ccc(CNC(=O)c2ccc(OC)c(COc3cccc4ccccc34)c2)cc1. The zero-order valence-corrected chi connectivity index (χ0v) is 18.1. The van der Waals surface area contributed by atoms with Gasteiger partial charge in [0.05, 0.1) is 14.2 Å². The van der Waals surface area contributed by atoms with E-state index in [-0.39, 0.29) is 12.5 Å². The van der Waals surface area contributed by atoms with Gasteiger partial charge in [0.1, 0.15) is 23.9 Å². The van der Waals surface area contributed by atoms with Gasteiger partial charge in [-0.2, -0.15) is 0 Å². The highest BCUT2D eigenvalue weighted by Gasteiger charge is 2.12. The van der Waals surface area contributed by atoms with Gasteiger partial charge in [-0.05, 0) is 47.3 Å². The normalized spacial score (nSPS) is 10.6. The third-order valence-electron chi connectivity index (χ3n) is 5.29. The van der Waals surface area contributed by atoms with E-state index in [9.17, 15) is 4.79 Å². The number of amides is 1. The van der Waals surface area contributed by atoms with Crippen LogP contribution in [-0.4, -0.2) is 20.1 Å². The van der Waals surface area contributed by atoms with Crippen LogP contribution in [-0.2, 0) is 13.2 Å². The van der Waals surface area contributed by atoms with Crippen LogP contribution in [0.1, 0.15) is 21.5 Å². The molecular formula is C27H25NO4. The van der Waals surface area contributed by atoms with E-state index in [2.05, 4.69) is 17.4 Å². The molecule has 0 unspecified atom stereocenters. The van der Waals surface area contributed by atoms with E-state index in [1.165, 1.54) is 0 Å². The summed E-state index contributed by atoms with van der Waals surface area (Å²) >= 11 is 0. The molecule has 5 nitrogen and oxygen atoms in total. The van der Waals surface area contributed by atoms with Gasteiger partial charge in [0.2, 0.25) is 0 Å². The van der Waals surface area contributed by atoms with E-state index < -0.39 is 0 Å². The number of nitrogens with one attached hydrogen (secondary N) is 1. The van der Waals surface area contributed by atoms with Crippen LogP contribution in [0.3, 0.4) is 0 Å². The Morgan fingerprint density at radius 1 is 0.812 bits per heavy atom. The largest absolute Gasteiger partial charge is 0.497 e. The first kappa shape index (κ1) is 21.2. The average Bonchev–Trinajstić information content (AvgIpc) is 2.86. The van der Waals surface area contributed by atoms with Crippen LogP contribution in [0.15, 0.2) is 84.9 Å². The standard InChI is InChI=1S/C27H25NO4/c1-30-23-13-10-19(11-14-23)17-28-27(29)21-12-15-25(31-2)22(16-21)18-32-26-9-5-7-20-6-3-4-8-24(20)26/h3-16H,17-18H2,1-2H3,(H,28,29). The summed E-state index contributed by atoms with van der Waals surface area (Å²) in [6.45, 7) is 0.716. The second-order valence-electron chi connectivity index (χ2n) is 7.32. The fraction of sp³-hybridized carbons (Fsp3) is 0.148. The first-order valence-corrected chi connectivity index (χ1v) is 10.4. The van der Waals surface area contributed by atoms with Gasteiger partial charge in [-0.15, -0.1) is 0 Å². The Bertz CT molecular complexity index is 1210. The van der Waals surface area contributed by atoms with Crippen LogP contribution in [0.4, 0.5) is 0 Å². The Hall–Kier alpha value is -3.99. The number of hydrogen-bond donors (Lipinski definition) is 1. The molecule has 0 aliphatic heterocycles. The van der Waals surface area contributed by atoms with Crippen molar-refractivity contribution in [2.75, 3.05) is 14.2 Å². The third-order valence-corrected chi connectivity index (χ3v) is 5.29. The number of methoxy groups -OCH3 is 2. The van der Waals surface area contributed by atoms with Crippen molar-refractivity contribution in [3.63, 3.8) is 0 Å². The maximum atomic E-state index is 12.7. The molecule has 162 valence electrons. The lowest BCUT2D eigenvalue weighted by Crippen LogP contribution is -2.23. The summed E-state index contributed by atoms with van der Waals surface area (Å²) in [5.41, 5.74) is 2.35. The van der Waals surface area contributed by atoms with Crippen LogP contribution in [0.5, 0.6) is 17.2 Å². The first-order chi connectivity index (χ1) is 15.7. The molecule has 1 amide bonds. The van der Waals surface area contributed by atoms with Gasteiger partial charge in [-0.25, -0.2) is 0 Å². The molecule has 0 heterocycles. The maximum Gasteiger partial charge on any atom is 0.251 e. The number of carbonyl (C=O) groups is 1. The monoisotopic (exact) mass is 427 g/mol. The van der Waals surface area contributed by atoms with E-state index in [1.807, 2.05) is 60.7 Å². The highest BCUT2D eigenvalue weighted by Crippen LogP contribution is 2.28. The average molecular weight is 428 g/mol. The summed E-state index contributed by atoms with van der Waals surface area (Å²) in [6, 6.07) is 27.0. The van der Waals surface area contributed by atoms with Crippen LogP contribution < -0.4 is 19.5 Å². The zero-order chi connectivity index (χ0) is 22.3.